The number of ether oxygens (including phenoxy) is 1. The number of aryl methyl sites for hydroxylation is 3. The van der Waals surface area contributed by atoms with Gasteiger partial charge >= 0.3 is 21.1 Å². The van der Waals surface area contributed by atoms with Gasteiger partial charge < -0.3 is 9.30 Å². The van der Waals surface area contributed by atoms with Crippen LogP contribution in [0.3, 0.4) is 0 Å². The first-order valence-corrected chi connectivity index (χ1v) is 18.4. The molecule has 53 heavy (non-hydrogen) atoms. The normalized spacial score (nSPS) is 12.2. The van der Waals surface area contributed by atoms with Crippen LogP contribution < -0.4 is 4.74 Å². The predicted molar refractivity (Wildman–Crippen MR) is 216 cm³/mol. The van der Waals surface area contributed by atoms with Crippen LogP contribution in [0.2, 0.25) is 0 Å². The van der Waals surface area contributed by atoms with Gasteiger partial charge in [0.05, 0.1) is 5.69 Å². The molecule has 7 rings (SSSR count). The van der Waals surface area contributed by atoms with Crippen molar-refractivity contribution < 1.29 is 25.8 Å². The summed E-state index contributed by atoms with van der Waals surface area (Å²) in [6, 6.07) is 33.0. The molecular weight excluding hydrogens is 832 g/mol. The quantitative estimate of drug-likeness (QED) is 0.156. The number of hydrogen-bond donors (Lipinski definition) is 0. The number of benzene rings is 4. The molecule has 3 aromatic heterocycles. The van der Waals surface area contributed by atoms with E-state index in [1.807, 2.05) is 16.9 Å². The molecule has 0 fully saturated rings. The summed E-state index contributed by atoms with van der Waals surface area (Å²) in [5.74, 6) is 2.57. The van der Waals surface area contributed by atoms with Crippen LogP contribution in [0.4, 0.5) is 0 Å². The third-order valence-electron chi connectivity index (χ3n) is 10.3. The van der Waals surface area contributed by atoms with Gasteiger partial charge in [-0.2, -0.15) is 11.2 Å². The summed E-state index contributed by atoms with van der Waals surface area (Å²) >= 11 is 0. The van der Waals surface area contributed by atoms with Crippen molar-refractivity contribution >= 4 is 21.8 Å². The molecule has 0 saturated heterocycles. The second kappa shape index (κ2) is 14.1. The molecule has 0 atom stereocenters. The standard InChI is InChI=1S/C47H50N4O.Pt/c1-28(2)33-21-29(3)44(30(4)22-33)45-31(5)49-51(32(45)6)36-23-35(47(10,11)12)24-38(26-36)52-37-17-18-40-39-15-13-14-16-41(39)50(42(40)27-37)43-25-34(19-20-48-43)46(7,8)9;/h13-25,28H,1-12H3;/q-2;+2. The third kappa shape index (κ3) is 7.13. The van der Waals surface area contributed by atoms with E-state index in [4.69, 9.17) is 14.8 Å². The number of rotatable bonds is 6. The molecule has 0 aliphatic heterocycles. The Hall–Kier alpha value is -4.47. The van der Waals surface area contributed by atoms with Crippen molar-refractivity contribution in [3.63, 3.8) is 0 Å². The molecule has 0 bridgehead atoms. The number of aromatic nitrogens is 4. The number of pyridine rings is 1. The molecule has 0 saturated carbocycles. The van der Waals surface area contributed by atoms with Gasteiger partial charge in [-0.05, 0) is 102 Å². The fourth-order valence-corrected chi connectivity index (χ4v) is 7.39. The first-order valence-electron chi connectivity index (χ1n) is 18.4. The summed E-state index contributed by atoms with van der Waals surface area (Å²) in [6.07, 6.45) is 1.90. The summed E-state index contributed by atoms with van der Waals surface area (Å²) in [6.45, 7) is 26.5. The molecule has 0 unspecified atom stereocenters. The van der Waals surface area contributed by atoms with Crippen LogP contribution in [0.15, 0.2) is 79.0 Å². The maximum Gasteiger partial charge on any atom is 2.00 e. The average Bonchev–Trinajstić information content (AvgIpc) is 3.56. The van der Waals surface area contributed by atoms with Gasteiger partial charge in [0, 0.05) is 34.5 Å². The zero-order valence-electron chi connectivity index (χ0n) is 33.1. The Morgan fingerprint density at radius 1 is 0.698 bits per heavy atom. The average molecular weight is 882 g/mol. The molecule has 0 N–H and O–H groups in total. The Morgan fingerprint density at radius 3 is 2.04 bits per heavy atom. The fraction of sp³-hybridized carbons (Fsp3) is 0.319. The molecule has 7 aromatic rings. The Kier molecular flexibility index (Phi) is 10.2. The molecule has 0 aliphatic carbocycles. The zero-order chi connectivity index (χ0) is 37.3. The Bertz CT molecular complexity index is 2460. The molecule has 5 nitrogen and oxygen atoms in total. The molecule has 0 spiro atoms. The first kappa shape index (κ1) is 38.3. The van der Waals surface area contributed by atoms with Gasteiger partial charge in [0.1, 0.15) is 5.82 Å². The molecular formula is C47H50N4OPt. The van der Waals surface area contributed by atoms with E-state index < -0.39 is 0 Å². The predicted octanol–water partition coefficient (Wildman–Crippen LogP) is 12.4. The third-order valence-corrected chi connectivity index (χ3v) is 10.3. The van der Waals surface area contributed by atoms with Crippen molar-refractivity contribution in [2.24, 2.45) is 0 Å². The van der Waals surface area contributed by atoms with E-state index in [0.29, 0.717) is 17.4 Å². The van der Waals surface area contributed by atoms with Gasteiger partial charge in [-0.25, -0.2) is 4.98 Å². The Morgan fingerprint density at radius 2 is 1.38 bits per heavy atom. The monoisotopic (exact) mass is 881 g/mol. The minimum Gasteiger partial charge on any atom is -0.509 e. The van der Waals surface area contributed by atoms with Crippen molar-refractivity contribution in [1.82, 2.24) is 19.3 Å². The number of para-hydroxylation sites is 1. The van der Waals surface area contributed by atoms with Gasteiger partial charge in [0.25, 0.3) is 0 Å². The van der Waals surface area contributed by atoms with Gasteiger partial charge in [-0.15, -0.1) is 41.3 Å². The van der Waals surface area contributed by atoms with Crippen molar-refractivity contribution in [2.45, 2.75) is 99.8 Å². The summed E-state index contributed by atoms with van der Waals surface area (Å²) in [5.41, 5.74) is 13.5. The second-order valence-electron chi connectivity index (χ2n) is 16.7. The fourth-order valence-electron chi connectivity index (χ4n) is 7.39. The maximum atomic E-state index is 6.70. The molecule has 0 radical (unpaired) electrons. The van der Waals surface area contributed by atoms with Gasteiger partial charge in [-0.1, -0.05) is 91.2 Å². The zero-order valence-corrected chi connectivity index (χ0v) is 35.4. The minimum atomic E-state index is -0.134. The van der Waals surface area contributed by atoms with E-state index in [1.54, 1.807) is 0 Å². The molecule has 0 amide bonds. The van der Waals surface area contributed by atoms with E-state index >= 15 is 0 Å². The van der Waals surface area contributed by atoms with E-state index in [1.165, 1.54) is 33.4 Å². The van der Waals surface area contributed by atoms with Crippen LogP contribution in [0.25, 0.3) is 44.4 Å². The van der Waals surface area contributed by atoms with Crippen LogP contribution in [-0.2, 0) is 31.9 Å². The summed E-state index contributed by atoms with van der Waals surface area (Å²) < 4.78 is 10.9. The smallest absolute Gasteiger partial charge is 0.509 e. The van der Waals surface area contributed by atoms with Crippen molar-refractivity contribution in [2.75, 3.05) is 0 Å². The molecule has 4 aromatic carbocycles. The summed E-state index contributed by atoms with van der Waals surface area (Å²) in [5, 5.41) is 7.36. The number of nitrogens with zero attached hydrogens (tertiary/aromatic N) is 4. The van der Waals surface area contributed by atoms with Gasteiger partial charge in [0.2, 0.25) is 0 Å². The Balaban J connectivity index is 0.00000481. The van der Waals surface area contributed by atoms with Gasteiger partial charge in [-0.3, -0.25) is 4.68 Å². The minimum absolute atomic E-state index is 0. The molecule has 274 valence electrons. The van der Waals surface area contributed by atoms with Gasteiger partial charge in [0.15, 0.2) is 0 Å². The van der Waals surface area contributed by atoms with Crippen molar-refractivity contribution in [3.8, 4) is 34.1 Å². The molecule has 6 heteroatoms. The molecule has 3 heterocycles. The summed E-state index contributed by atoms with van der Waals surface area (Å²) in [7, 11) is 0. The van der Waals surface area contributed by atoms with E-state index in [0.717, 1.165) is 50.3 Å². The van der Waals surface area contributed by atoms with Crippen molar-refractivity contribution in [3.05, 3.63) is 130 Å². The maximum absolute atomic E-state index is 6.70. The molecule has 0 aliphatic rings. The van der Waals surface area contributed by atoms with E-state index in [9.17, 15) is 0 Å². The van der Waals surface area contributed by atoms with Crippen LogP contribution in [0.5, 0.6) is 11.5 Å². The topological polar surface area (TPSA) is 44.9 Å². The largest absolute Gasteiger partial charge is 2.00 e. The number of fused-ring (bicyclic) bond motifs is 3. The van der Waals surface area contributed by atoms with E-state index in [-0.39, 0.29) is 31.9 Å². The first-order chi connectivity index (χ1) is 24.5. The van der Waals surface area contributed by atoms with Crippen LogP contribution in [-0.4, -0.2) is 19.3 Å². The van der Waals surface area contributed by atoms with E-state index in [2.05, 4.69) is 167 Å². The Labute approximate surface area is 329 Å². The number of hydrogen-bond acceptors (Lipinski definition) is 3. The SMILES string of the molecule is Cc1cc(C(C)C)cc(C)c1-c1c(C)nn(-c2[c-]c(Oc3[c-]c4c(cc3)c3ccccc3n4-c3cc(C(C)(C)C)ccn3)cc(C(C)(C)C)c2)c1C.[Pt+2]. The summed E-state index contributed by atoms with van der Waals surface area (Å²) in [4.78, 5) is 4.84. The van der Waals surface area contributed by atoms with Crippen LogP contribution >= 0.6 is 0 Å². The second-order valence-corrected chi connectivity index (χ2v) is 16.7. The van der Waals surface area contributed by atoms with Crippen LogP contribution in [0.1, 0.15) is 101 Å². The van der Waals surface area contributed by atoms with Crippen LogP contribution in [0, 0.1) is 39.8 Å². The van der Waals surface area contributed by atoms with Crippen molar-refractivity contribution in [1.29, 1.82) is 0 Å².